The van der Waals surface area contributed by atoms with Crippen LogP contribution in [0.5, 0.6) is 0 Å². The molecule has 0 bridgehead atoms. The van der Waals surface area contributed by atoms with Gasteiger partial charge in [-0.3, -0.25) is 4.79 Å². The van der Waals surface area contributed by atoms with E-state index >= 15 is 0 Å². The number of nitrogens with two attached hydrogens (primary N) is 1. The number of nitrogens with zero attached hydrogens (tertiary/aromatic N) is 1. The number of amides is 1. The zero-order valence-corrected chi connectivity index (χ0v) is 9.74. The molecule has 0 aromatic carbocycles. The highest BCUT2D eigenvalue weighted by molar-refractivity contribution is 5.76. The number of unbranched alkanes of at least 4 members (excludes halogenated alkanes) is 3. The largest absolute Gasteiger partial charge is 0.395 e. The molecule has 0 fully saturated rings. The quantitative estimate of drug-likeness (QED) is 0.559. The van der Waals surface area contributed by atoms with Crippen molar-refractivity contribution in [3.05, 3.63) is 0 Å². The van der Waals surface area contributed by atoms with Crippen LogP contribution >= 0.6 is 0 Å². The van der Waals surface area contributed by atoms with Gasteiger partial charge in [0, 0.05) is 26.1 Å². The van der Waals surface area contributed by atoms with Gasteiger partial charge in [0.05, 0.1) is 6.61 Å². The molecule has 0 unspecified atom stereocenters. The predicted octanol–water partition coefficient (Wildman–Crippen LogP) is 0.736. The molecule has 0 rings (SSSR count). The Hall–Kier alpha value is -0.610. The van der Waals surface area contributed by atoms with Crippen molar-refractivity contribution in [3.8, 4) is 0 Å². The first-order valence-corrected chi connectivity index (χ1v) is 5.85. The molecule has 1 amide bonds. The summed E-state index contributed by atoms with van der Waals surface area (Å²) in [5, 5.41) is 8.83. The van der Waals surface area contributed by atoms with Crippen LogP contribution in [0.2, 0.25) is 0 Å². The minimum atomic E-state index is 0.0318. The number of aliphatic hydroxyl groups is 1. The lowest BCUT2D eigenvalue weighted by atomic mass is 10.2. The summed E-state index contributed by atoms with van der Waals surface area (Å²) in [4.78, 5) is 13.2. The van der Waals surface area contributed by atoms with Crippen molar-refractivity contribution in [2.75, 3.05) is 26.2 Å². The third-order valence-electron chi connectivity index (χ3n) is 2.36. The monoisotopic (exact) mass is 216 g/mol. The molecule has 0 aliphatic carbocycles. The minimum Gasteiger partial charge on any atom is -0.395 e. The van der Waals surface area contributed by atoms with Crippen LogP contribution in [0.3, 0.4) is 0 Å². The van der Waals surface area contributed by atoms with Crippen LogP contribution in [0.1, 0.15) is 39.0 Å². The molecule has 15 heavy (non-hydrogen) atoms. The summed E-state index contributed by atoms with van der Waals surface area (Å²) in [5.74, 6) is 0.0584. The van der Waals surface area contributed by atoms with Gasteiger partial charge in [-0.15, -0.1) is 0 Å². The standard InChI is InChI=1S/C11H24N2O2/c1-2-3-4-5-8-13(9-10-14)11(15)6-7-12/h14H,2-10,12H2,1H3. The van der Waals surface area contributed by atoms with E-state index in [1.54, 1.807) is 4.90 Å². The third-order valence-corrected chi connectivity index (χ3v) is 2.36. The second-order valence-corrected chi connectivity index (χ2v) is 3.70. The molecule has 0 saturated heterocycles. The van der Waals surface area contributed by atoms with Crippen LogP contribution in [-0.4, -0.2) is 42.2 Å². The topological polar surface area (TPSA) is 66.6 Å². The average Bonchev–Trinajstić information content (AvgIpc) is 2.23. The summed E-state index contributed by atoms with van der Waals surface area (Å²) >= 11 is 0. The molecule has 0 spiro atoms. The van der Waals surface area contributed by atoms with Crippen molar-refractivity contribution in [1.29, 1.82) is 0 Å². The van der Waals surface area contributed by atoms with Crippen molar-refractivity contribution in [2.24, 2.45) is 5.73 Å². The van der Waals surface area contributed by atoms with Gasteiger partial charge in [-0.1, -0.05) is 26.2 Å². The lowest BCUT2D eigenvalue weighted by molar-refractivity contribution is -0.131. The van der Waals surface area contributed by atoms with Crippen molar-refractivity contribution in [3.63, 3.8) is 0 Å². The van der Waals surface area contributed by atoms with Crippen LogP contribution in [0.25, 0.3) is 0 Å². The van der Waals surface area contributed by atoms with Gasteiger partial charge in [-0.25, -0.2) is 0 Å². The van der Waals surface area contributed by atoms with Gasteiger partial charge in [-0.05, 0) is 6.42 Å². The van der Waals surface area contributed by atoms with Crippen LogP contribution in [-0.2, 0) is 4.79 Å². The van der Waals surface area contributed by atoms with E-state index in [1.807, 2.05) is 0 Å². The summed E-state index contributed by atoms with van der Waals surface area (Å²) in [6.45, 7) is 3.76. The van der Waals surface area contributed by atoms with Gasteiger partial charge in [0.25, 0.3) is 0 Å². The Morgan fingerprint density at radius 1 is 1.27 bits per heavy atom. The van der Waals surface area contributed by atoms with Crippen LogP contribution < -0.4 is 5.73 Å². The number of rotatable bonds is 9. The predicted molar refractivity (Wildman–Crippen MR) is 61.5 cm³/mol. The minimum absolute atomic E-state index is 0.0318. The molecule has 0 aliphatic rings. The van der Waals surface area contributed by atoms with Gasteiger partial charge in [0.15, 0.2) is 0 Å². The Morgan fingerprint density at radius 3 is 2.53 bits per heavy atom. The van der Waals surface area contributed by atoms with E-state index in [1.165, 1.54) is 12.8 Å². The Kier molecular flexibility index (Phi) is 9.52. The average molecular weight is 216 g/mol. The molecule has 0 aromatic rings. The van der Waals surface area contributed by atoms with Crippen molar-refractivity contribution in [1.82, 2.24) is 4.90 Å². The van der Waals surface area contributed by atoms with Gasteiger partial charge in [-0.2, -0.15) is 0 Å². The fraction of sp³-hybridized carbons (Fsp3) is 0.909. The molecular weight excluding hydrogens is 192 g/mol. The molecule has 0 aromatic heterocycles. The van der Waals surface area contributed by atoms with Crippen LogP contribution in [0.4, 0.5) is 0 Å². The number of carbonyl (C=O) groups excluding carboxylic acids is 1. The zero-order chi connectivity index (χ0) is 11.5. The number of hydrogen-bond acceptors (Lipinski definition) is 3. The van der Waals surface area contributed by atoms with Gasteiger partial charge in [0.2, 0.25) is 5.91 Å². The summed E-state index contributed by atoms with van der Waals surface area (Å²) < 4.78 is 0. The van der Waals surface area contributed by atoms with Crippen molar-refractivity contribution < 1.29 is 9.90 Å². The van der Waals surface area contributed by atoms with E-state index in [2.05, 4.69) is 6.92 Å². The number of hydrogen-bond donors (Lipinski definition) is 2. The van der Waals surface area contributed by atoms with Crippen LogP contribution in [0, 0.1) is 0 Å². The highest BCUT2D eigenvalue weighted by Crippen LogP contribution is 2.02. The molecule has 90 valence electrons. The van der Waals surface area contributed by atoms with Crippen LogP contribution in [0.15, 0.2) is 0 Å². The molecule has 3 N–H and O–H groups in total. The maximum atomic E-state index is 11.5. The normalized spacial score (nSPS) is 10.3. The summed E-state index contributed by atoms with van der Waals surface area (Å²) in [6.07, 6.45) is 4.95. The molecule has 0 saturated carbocycles. The Bertz CT molecular complexity index is 163. The van der Waals surface area contributed by atoms with E-state index in [9.17, 15) is 4.79 Å². The highest BCUT2D eigenvalue weighted by atomic mass is 16.3. The van der Waals surface area contributed by atoms with E-state index in [-0.39, 0.29) is 12.5 Å². The van der Waals surface area contributed by atoms with Gasteiger partial charge < -0.3 is 15.7 Å². The number of carbonyl (C=O) groups is 1. The van der Waals surface area contributed by atoms with Gasteiger partial charge in [0.1, 0.15) is 0 Å². The van der Waals surface area contributed by atoms with E-state index in [4.69, 9.17) is 10.8 Å². The van der Waals surface area contributed by atoms with E-state index in [0.29, 0.717) is 19.5 Å². The maximum absolute atomic E-state index is 11.5. The first-order chi connectivity index (χ1) is 7.26. The van der Waals surface area contributed by atoms with E-state index in [0.717, 1.165) is 19.4 Å². The molecule has 0 heterocycles. The smallest absolute Gasteiger partial charge is 0.223 e. The molecule has 0 atom stereocenters. The molecule has 0 radical (unpaired) electrons. The Balaban J connectivity index is 3.76. The second-order valence-electron chi connectivity index (χ2n) is 3.70. The maximum Gasteiger partial charge on any atom is 0.223 e. The molecule has 0 aliphatic heterocycles. The lowest BCUT2D eigenvalue weighted by Crippen LogP contribution is -2.35. The van der Waals surface area contributed by atoms with Crippen molar-refractivity contribution in [2.45, 2.75) is 39.0 Å². The first-order valence-electron chi connectivity index (χ1n) is 5.85. The van der Waals surface area contributed by atoms with E-state index < -0.39 is 0 Å². The SMILES string of the molecule is CCCCCCN(CCO)C(=O)CCN. The second kappa shape index (κ2) is 9.93. The summed E-state index contributed by atoms with van der Waals surface area (Å²) in [5.41, 5.74) is 5.33. The molecular formula is C11H24N2O2. The lowest BCUT2D eigenvalue weighted by Gasteiger charge is -2.21. The summed E-state index contributed by atoms with van der Waals surface area (Å²) in [6, 6.07) is 0. The van der Waals surface area contributed by atoms with Gasteiger partial charge >= 0.3 is 0 Å². The Labute approximate surface area is 92.4 Å². The zero-order valence-electron chi connectivity index (χ0n) is 9.74. The van der Waals surface area contributed by atoms with Crippen molar-refractivity contribution >= 4 is 5.91 Å². The first kappa shape index (κ1) is 14.4. The molecule has 4 heteroatoms. The number of aliphatic hydroxyl groups excluding tert-OH is 1. The highest BCUT2D eigenvalue weighted by Gasteiger charge is 2.10. The fourth-order valence-corrected chi connectivity index (χ4v) is 1.49. The fourth-order valence-electron chi connectivity index (χ4n) is 1.49. The Morgan fingerprint density at radius 2 is 2.00 bits per heavy atom. The molecule has 4 nitrogen and oxygen atoms in total. The third kappa shape index (κ3) is 7.33. The summed E-state index contributed by atoms with van der Waals surface area (Å²) in [7, 11) is 0.